The molecule has 2 aromatic carbocycles. The van der Waals surface area contributed by atoms with Crippen molar-refractivity contribution < 1.29 is 14.0 Å². The van der Waals surface area contributed by atoms with E-state index in [9.17, 15) is 14.0 Å². The first-order valence-corrected chi connectivity index (χ1v) is 9.08. The van der Waals surface area contributed by atoms with E-state index in [2.05, 4.69) is 0 Å². The third-order valence-corrected chi connectivity index (χ3v) is 5.60. The zero-order valence-electron chi connectivity index (χ0n) is 13.5. The summed E-state index contributed by atoms with van der Waals surface area (Å²) in [4.78, 5) is 29.3. The number of Topliss-reactive ketones (excluding diaryl/α,β-unsaturated/α-hetero) is 2. The smallest absolute Gasteiger partial charge is 0.211 e. The summed E-state index contributed by atoms with van der Waals surface area (Å²) < 4.78 is 13.2. The first-order chi connectivity index (χ1) is 12.1. The molecule has 4 rings (SSSR count). The minimum atomic E-state index is -0.325. The van der Waals surface area contributed by atoms with Crippen LogP contribution in [0.15, 0.2) is 64.0 Å². The van der Waals surface area contributed by atoms with Crippen LogP contribution in [0.3, 0.4) is 0 Å². The van der Waals surface area contributed by atoms with Crippen molar-refractivity contribution in [2.75, 3.05) is 13.1 Å². The molecular weight excluding hydrogens is 337 g/mol. The fourth-order valence-corrected chi connectivity index (χ4v) is 4.31. The van der Waals surface area contributed by atoms with E-state index in [1.54, 1.807) is 36.4 Å². The monoisotopic (exact) mass is 353 g/mol. The minimum absolute atomic E-state index is 0.0956. The van der Waals surface area contributed by atoms with Crippen LogP contribution in [-0.4, -0.2) is 29.6 Å². The third-order valence-electron chi connectivity index (χ3n) is 4.51. The fraction of sp³-hybridized carbons (Fsp3) is 0.200. The molecule has 2 aliphatic rings. The molecule has 0 saturated carbocycles. The fourth-order valence-electron chi connectivity index (χ4n) is 3.28. The molecule has 126 valence electrons. The Labute approximate surface area is 149 Å². The molecule has 0 atom stereocenters. The number of fused-ring (bicyclic) bond motifs is 1. The van der Waals surface area contributed by atoms with Crippen LogP contribution in [0.4, 0.5) is 4.39 Å². The van der Waals surface area contributed by atoms with E-state index >= 15 is 0 Å². The number of ketones is 2. The summed E-state index contributed by atoms with van der Waals surface area (Å²) in [6.45, 7) is 1.56. The van der Waals surface area contributed by atoms with Gasteiger partial charge in [0.2, 0.25) is 11.6 Å². The van der Waals surface area contributed by atoms with Crippen molar-refractivity contribution in [3.05, 3.63) is 76.1 Å². The SMILES string of the molecule is O=C1C(Sc2ccc(F)cc2)=C(N2CCCC2)C(=O)c2ccccc21. The molecule has 0 spiro atoms. The van der Waals surface area contributed by atoms with Gasteiger partial charge in [-0.15, -0.1) is 0 Å². The maximum Gasteiger partial charge on any atom is 0.211 e. The summed E-state index contributed by atoms with van der Waals surface area (Å²) >= 11 is 1.24. The number of rotatable bonds is 3. The Morgan fingerprint density at radius 1 is 0.840 bits per heavy atom. The number of thioether (sulfide) groups is 1. The molecule has 0 aromatic heterocycles. The lowest BCUT2D eigenvalue weighted by Crippen LogP contribution is -2.31. The summed E-state index contributed by atoms with van der Waals surface area (Å²) in [6.07, 6.45) is 2.03. The molecule has 1 fully saturated rings. The Morgan fingerprint density at radius 3 is 2.08 bits per heavy atom. The van der Waals surface area contributed by atoms with Crippen molar-refractivity contribution in [2.45, 2.75) is 17.7 Å². The van der Waals surface area contributed by atoms with Gasteiger partial charge in [-0.3, -0.25) is 9.59 Å². The second kappa shape index (κ2) is 6.48. The highest BCUT2D eigenvalue weighted by Crippen LogP contribution is 2.39. The van der Waals surface area contributed by atoms with Crippen LogP contribution >= 0.6 is 11.8 Å². The highest BCUT2D eigenvalue weighted by molar-refractivity contribution is 8.04. The number of hydrogen-bond acceptors (Lipinski definition) is 4. The van der Waals surface area contributed by atoms with Gasteiger partial charge in [-0.2, -0.15) is 0 Å². The molecule has 0 unspecified atom stereocenters. The minimum Gasteiger partial charge on any atom is -0.367 e. The number of likely N-dealkylation sites (tertiary alicyclic amines) is 1. The van der Waals surface area contributed by atoms with Crippen LogP contribution in [0.5, 0.6) is 0 Å². The van der Waals surface area contributed by atoms with Gasteiger partial charge in [0.25, 0.3) is 0 Å². The first-order valence-electron chi connectivity index (χ1n) is 8.26. The maximum atomic E-state index is 13.2. The molecule has 0 radical (unpaired) electrons. The van der Waals surface area contributed by atoms with Crippen LogP contribution in [0.25, 0.3) is 0 Å². The summed E-state index contributed by atoms with van der Waals surface area (Å²) in [7, 11) is 0. The second-order valence-electron chi connectivity index (χ2n) is 6.13. The Morgan fingerprint density at radius 2 is 1.44 bits per heavy atom. The Kier molecular flexibility index (Phi) is 4.17. The van der Waals surface area contributed by atoms with Gasteiger partial charge in [-0.05, 0) is 37.1 Å². The summed E-state index contributed by atoms with van der Waals surface area (Å²) in [5, 5.41) is 0. The average Bonchev–Trinajstić information content (AvgIpc) is 3.15. The quantitative estimate of drug-likeness (QED) is 0.824. The Bertz CT molecular complexity index is 883. The van der Waals surface area contributed by atoms with Crippen LogP contribution < -0.4 is 0 Å². The van der Waals surface area contributed by atoms with Crippen molar-refractivity contribution in [3.8, 4) is 0 Å². The van der Waals surface area contributed by atoms with Gasteiger partial charge < -0.3 is 4.90 Å². The second-order valence-corrected chi connectivity index (χ2v) is 7.22. The topological polar surface area (TPSA) is 37.4 Å². The first kappa shape index (κ1) is 16.1. The molecule has 0 amide bonds. The lowest BCUT2D eigenvalue weighted by molar-refractivity contribution is 0.0954. The highest BCUT2D eigenvalue weighted by atomic mass is 32.2. The van der Waals surface area contributed by atoms with Gasteiger partial charge in [0.05, 0.1) is 4.91 Å². The Hall–Kier alpha value is -2.40. The molecule has 2 aromatic rings. The average molecular weight is 353 g/mol. The molecule has 3 nitrogen and oxygen atoms in total. The molecule has 1 aliphatic carbocycles. The molecule has 0 N–H and O–H groups in total. The summed E-state index contributed by atoms with van der Waals surface area (Å²) in [5.74, 6) is -0.553. The van der Waals surface area contributed by atoms with Gasteiger partial charge in [-0.25, -0.2) is 4.39 Å². The predicted octanol–water partition coefficient (Wildman–Crippen LogP) is 4.30. The van der Waals surface area contributed by atoms with E-state index in [-0.39, 0.29) is 17.4 Å². The van der Waals surface area contributed by atoms with Crippen LogP contribution in [0, 0.1) is 5.82 Å². The van der Waals surface area contributed by atoms with Crippen molar-refractivity contribution in [1.82, 2.24) is 4.90 Å². The highest BCUT2D eigenvalue weighted by Gasteiger charge is 2.36. The van der Waals surface area contributed by atoms with Gasteiger partial charge in [-0.1, -0.05) is 36.0 Å². The molecule has 0 bridgehead atoms. The van der Waals surface area contributed by atoms with Gasteiger partial charge in [0.15, 0.2) is 0 Å². The molecule has 1 aliphatic heterocycles. The van der Waals surface area contributed by atoms with E-state index in [1.165, 1.54) is 23.9 Å². The van der Waals surface area contributed by atoms with Gasteiger partial charge in [0.1, 0.15) is 11.5 Å². The number of benzene rings is 2. The lowest BCUT2D eigenvalue weighted by atomic mass is 9.92. The van der Waals surface area contributed by atoms with E-state index in [4.69, 9.17) is 0 Å². The number of hydrogen-bond donors (Lipinski definition) is 0. The molecule has 1 heterocycles. The number of nitrogens with zero attached hydrogens (tertiary/aromatic N) is 1. The van der Waals surface area contributed by atoms with E-state index in [0.29, 0.717) is 21.7 Å². The number of halogens is 1. The predicted molar refractivity (Wildman–Crippen MR) is 95.2 cm³/mol. The van der Waals surface area contributed by atoms with Crippen molar-refractivity contribution in [3.63, 3.8) is 0 Å². The van der Waals surface area contributed by atoms with Crippen molar-refractivity contribution >= 4 is 23.3 Å². The zero-order valence-corrected chi connectivity index (χ0v) is 14.3. The number of allylic oxidation sites excluding steroid dienone is 2. The van der Waals surface area contributed by atoms with Crippen molar-refractivity contribution in [1.29, 1.82) is 0 Å². The largest absolute Gasteiger partial charge is 0.367 e. The standard InChI is InChI=1S/C20H16FNO2S/c21-13-7-9-14(10-8-13)25-20-17(22-11-3-4-12-22)18(23)15-5-1-2-6-16(15)19(20)24/h1-2,5-10H,3-4,11-12H2. The van der Waals surface area contributed by atoms with E-state index in [0.717, 1.165) is 30.8 Å². The van der Waals surface area contributed by atoms with Crippen LogP contribution in [0.2, 0.25) is 0 Å². The molecule has 1 saturated heterocycles. The lowest BCUT2D eigenvalue weighted by Gasteiger charge is -2.27. The van der Waals surface area contributed by atoms with Crippen molar-refractivity contribution in [2.24, 2.45) is 0 Å². The number of carbonyl (C=O) groups is 2. The van der Waals surface area contributed by atoms with Gasteiger partial charge in [0, 0.05) is 29.1 Å². The normalized spacial score (nSPS) is 17.2. The zero-order chi connectivity index (χ0) is 17.4. The van der Waals surface area contributed by atoms with Crippen LogP contribution in [-0.2, 0) is 0 Å². The molecule has 25 heavy (non-hydrogen) atoms. The molecular formula is C20H16FNO2S. The van der Waals surface area contributed by atoms with E-state index < -0.39 is 0 Å². The van der Waals surface area contributed by atoms with Gasteiger partial charge >= 0.3 is 0 Å². The molecule has 5 heteroatoms. The summed E-state index contributed by atoms with van der Waals surface area (Å²) in [5.41, 5.74) is 1.41. The Balaban J connectivity index is 1.82. The summed E-state index contributed by atoms with van der Waals surface area (Å²) in [6, 6.07) is 12.9. The van der Waals surface area contributed by atoms with Crippen LogP contribution in [0.1, 0.15) is 33.6 Å². The van der Waals surface area contributed by atoms with E-state index in [1.807, 2.05) is 4.90 Å². The number of carbonyl (C=O) groups excluding carboxylic acids is 2. The maximum absolute atomic E-state index is 13.2. The third kappa shape index (κ3) is 2.89.